The van der Waals surface area contributed by atoms with Crippen molar-refractivity contribution in [3.63, 3.8) is 0 Å². The lowest BCUT2D eigenvalue weighted by Crippen LogP contribution is -2.41. The van der Waals surface area contributed by atoms with Crippen LogP contribution in [0.4, 0.5) is 0 Å². The molecule has 8 heteroatoms. The molecule has 0 spiro atoms. The van der Waals surface area contributed by atoms with Gasteiger partial charge in [0.2, 0.25) is 5.82 Å². The molecule has 17 heavy (non-hydrogen) atoms. The van der Waals surface area contributed by atoms with Crippen LogP contribution in [0.25, 0.3) is 0 Å². The molecule has 7 nitrogen and oxygen atoms in total. The van der Waals surface area contributed by atoms with E-state index in [1.807, 2.05) is 0 Å². The van der Waals surface area contributed by atoms with Gasteiger partial charge >= 0.3 is 0 Å². The van der Waals surface area contributed by atoms with E-state index in [0.29, 0.717) is 6.54 Å². The van der Waals surface area contributed by atoms with Crippen molar-refractivity contribution in [3.8, 4) is 0 Å². The number of H-pyrrole nitrogens is 1. The molecule has 0 radical (unpaired) electrons. The van der Waals surface area contributed by atoms with E-state index in [9.17, 15) is 4.79 Å². The highest BCUT2D eigenvalue weighted by Crippen LogP contribution is 1.95. The van der Waals surface area contributed by atoms with Crippen LogP contribution in [-0.2, 0) is 4.74 Å². The first-order chi connectivity index (χ1) is 7.86. The molecular weight excluding hydrogens is 246 g/mol. The summed E-state index contributed by atoms with van der Waals surface area (Å²) in [4.78, 5) is 17.5. The minimum atomic E-state index is -0.217. The van der Waals surface area contributed by atoms with Crippen LogP contribution in [-0.4, -0.2) is 65.4 Å². The van der Waals surface area contributed by atoms with Crippen LogP contribution in [0.2, 0.25) is 0 Å². The molecular formula is C9H16ClN5O2. The Morgan fingerprint density at radius 1 is 1.53 bits per heavy atom. The summed E-state index contributed by atoms with van der Waals surface area (Å²) < 4.78 is 5.23. The van der Waals surface area contributed by atoms with Crippen LogP contribution in [0.15, 0.2) is 6.33 Å². The summed E-state index contributed by atoms with van der Waals surface area (Å²) in [6, 6.07) is 0. The van der Waals surface area contributed by atoms with Crippen LogP contribution in [0, 0.1) is 0 Å². The van der Waals surface area contributed by atoms with Gasteiger partial charge in [-0.15, -0.1) is 12.4 Å². The van der Waals surface area contributed by atoms with Gasteiger partial charge in [0.1, 0.15) is 6.33 Å². The molecule has 0 saturated carbocycles. The molecule has 1 aliphatic rings. The molecule has 0 atom stereocenters. The van der Waals surface area contributed by atoms with Gasteiger partial charge in [0, 0.05) is 26.2 Å². The molecule has 0 bridgehead atoms. The molecule has 0 unspecified atom stereocenters. The Morgan fingerprint density at radius 3 is 2.94 bits per heavy atom. The van der Waals surface area contributed by atoms with Crippen LogP contribution in [0.3, 0.4) is 0 Å². The number of halogens is 1. The first-order valence-electron chi connectivity index (χ1n) is 5.30. The second-order valence-corrected chi connectivity index (χ2v) is 3.54. The number of carbonyl (C=O) groups excluding carboxylic acids is 1. The average Bonchev–Trinajstić information content (AvgIpc) is 2.84. The Balaban J connectivity index is 0.00000144. The summed E-state index contributed by atoms with van der Waals surface area (Å²) in [5.41, 5.74) is 0. The minimum Gasteiger partial charge on any atom is -0.379 e. The summed E-state index contributed by atoms with van der Waals surface area (Å²) in [6.45, 7) is 4.85. The van der Waals surface area contributed by atoms with Crippen molar-refractivity contribution < 1.29 is 9.53 Å². The van der Waals surface area contributed by atoms with Crippen molar-refractivity contribution in [1.82, 2.24) is 25.4 Å². The fourth-order valence-corrected chi connectivity index (χ4v) is 1.55. The van der Waals surface area contributed by atoms with Crippen molar-refractivity contribution in [2.45, 2.75) is 0 Å². The zero-order valence-corrected chi connectivity index (χ0v) is 10.2. The SMILES string of the molecule is Cl.O=C(NCCN1CCOCC1)c1ncn[nH]1. The summed E-state index contributed by atoms with van der Waals surface area (Å²) in [5, 5.41) is 8.91. The number of nitrogens with one attached hydrogen (secondary N) is 2. The molecule has 1 aromatic rings. The van der Waals surface area contributed by atoms with E-state index in [1.54, 1.807) is 0 Å². The lowest BCUT2D eigenvalue weighted by atomic mass is 10.4. The molecule has 2 N–H and O–H groups in total. The van der Waals surface area contributed by atoms with E-state index >= 15 is 0 Å². The maximum Gasteiger partial charge on any atom is 0.288 e. The average molecular weight is 262 g/mol. The quantitative estimate of drug-likeness (QED) is 0.748. The third-order valence-corrected chi connectivity index (χ3v) is 2.45. The number of nitrogens with zero attached hydrogens (tertiary/aromatic N) is 3. The minimum absolute atomic E-state index is 0. The zero-order valence-electron chi connectivity index (χ0n) is 9.39. The van der Waals surface area contributed by atoms with Crippen molar-refractivity contribution in [2.75, 3.05) is 39.4 Å². The van der Waals surface area contributed by atoms with Gasteiger partial charge in [-0.05, 0) is 0 Å². The zero-order chi connectivity index (χ0) is 11.2. The van der Waals surface area contributed by atoms with Gasteiger partial charge in [-0.3, -0.25) is 14.8 Å². The number of aromatic amines is 1. The van der Waals surface area contributed by atoms with Crippen molar-refractivity contribution >= 4 is 18.3 Å². The highest BCUT2D eigenvalue weighted by Gasteiger charge is 2.11. The van der Waals surface area contributed by atoms with Gasteiger partial charge in [0.15, 0.2) is 0 Å². The molecule has 0 aromatic carbocycles. The van der Waals surface area contributed by atoms with E-state index in [0.717, 1.165) is 32.8 Å². The number of hydrogen-bond donors (Lipinski definition) is 2. The summed E-state index contributed by atoms with van der Waals surface area (Å²) in [7, 11) is 0. The fourth-order valence-electron chi connectivity index (χ4n) is 1.55. The molecule has 1 fully saturated rings. The molecule has 1 saturated heterocycles. The predicted molar refractivity (Wildman–Crippen MR) is 63.2 cm³/mol. The second-order valence-electron chi connectivity index (χ2n) is 3.54. The van der Waals surface area contributed by atoms with E-state index < -0.39 is 0 Å². The number of morpholine rings is 1. The van der Waals surface area contributed by atoms with Gasteiger partial charge in [-0.25, -0.2) is 4.98 Å². The first-order valence-corrected chi connectivity index (χ1v) is 5.30. The summed E-state index contributed by atoms with van der Waals surface area (Å²) in [5.74, 6) is 0.0349. The maximum absolute atomic E-state index is 11.5. The Morgan fingerprint density at radius 2 is 2.29 bits per heavy atom. The topological polar surface area (TPSA) is 83.1 Å². The lowest BCUT2D eigenvalue weighted by Gasteiger charge is -2.26. The van der Waals surface area contributed by atoms with Gasteiger partial charge in [0.05, 0.1) is 13.2 Å². The number of aromatic nitrogens is 3. The number of hydrogen-bond acceptors (Lipinski definition) is 5. The molecule has 1 aromatic heterocycles. The van der Waals surface area contributed by atoms with Gasteiger partial charge in [0.25, 0.3) is 5.91 Å². The van der Waals surface area contributed by atoms with Crippen LogP contribution < -0.4 is 5.32 Å². The third kappa shape index (κ3) is 4.29. The largest absolute Gasteiger partial charge is 0.379 e. The third-order valence-electron chi connectivity index (χ3n) is 2.45. The monoisotopic (exact) mass is 261 g/mol. The van der Waals surface area contributed by atoms with Crippen molar-refractivity contribution in [3.05, 3.63) is 12.2 Å². The molecule has 1 aliphatic heterocycles. The predicted octanol–water partition coefficient (Wildman–Crippen LogP) is -0.711. The number of amides is 1. The van der Waals surface area contributed by atoms with Crippen molar-refractivity contribution in [1.29, 1.82) is 0 Å². The first kappa shape index (κ1) is 13.9. The molecule has 2 rings (SSSR count). The Kier molecular flexibility index (Phi) is 5.88. The van der Waals surface area contributed by atoms with Gasteiger partial charge in [-0.2, -0.15) is 5.10 Å². The van der Waals surface area contributed by atoms with Crippen LogP contribution in [0.5, 0.6) is 0 Å². The molecule has 0 aliphatic carbocycles. The highest BCUT2D eigenvalue weighted by atomic mass is 35.5. The summed E-state index contributed by atoms with van der Waals surface area (Å²) in [6.07, 6.45) is 1.32. The van der Waals surface area contributed by atoms with Crippen molar-refractivity contribution in [2.24, 2.45) is 0 Å². The lowest BCUT2D eigenvalue weighted by molar-refractivity contribution is 0.0383. The molecule has 2 heterocycles. The normalized spacial score (nSPS) is 16.2. The maximum atomic E-state index is 11.5. The number of ether oxygens (including phenoxy) is 1. The Labute approximate surface area is 105 Å². The van der Waals surface area contributed by atoms with Crippen LogP contribution in [0.1, 0.15) is 10.6 Å². The smallest absolute Gasteiger partial charge is 0.288 e. The van der Waals surface area contributed by atoms with Gasteiger partial charge < -0.3 is 10.1 Å². The van der Waals surface area contributed by atoms with E-state index in [4.69, 9.17) is 4.74 Å². The van der Waals surface area contributed by atoms with E-state index in [1.165, 1.54) is 6.33 Å². The van der Waals surface area contributed by atoms with E-state index in [2.05, 4.69) is 25.4 Å². The van der Waals surface area contributed by atoms with Gasteiger partial charge in [-0.1, -0.05) is 0 Å². The Hall–Kier alpha value is -1.18. The second kappa shape index (κ2) is 7.21. The molecule has 1 amide bonds. The standard InChI is InChI=1S/C9H15N5O2.ClH/c15-9(8-11-7-12-13-8)10-1-2-14-3-5-16-6-4-14;/h7H,1-6H2,(H,10,15)(H,11,12,13);1H. The van der Waals surface area contributed by atoms with Crippen LogP contribution >= 0.6 is 12.4 Å². The number of carbonyl (C=O) groups is 1. The Bertz CT molecular complexity index is 326. The highest BCUT2D eigenvalue weighted by molar-refractivity contribution is 5.90. The van der Waals surface area contributed by atoms with E-state index in [-0.39, 0.29) is 24.1 Å². The fraction of sp³-hybridized carbons (Fsp3) is 0.667. The number of rotatable bonds is 4. The molecule has 96 valence electrons. The summed E-state index contributed by atoms with van der Waals surface area (Å²) >= 11 is 0.